The van der Waals surface area contributed by atoms with Crippen LogP contribution in [-0.4, -0.2) is 5.09 Å². The maximum Gasteiger partial charge on any atom is 2.00 e. The van der Waals surface area contributed by atoms with E-state index in [1.807, 2.05) is 0 Å². The minimum atomic E-state index is -1.75. The minimum absolute atomic E-state index is 0. The Bertz CT molecular complexity index is 33.8. The second kappa shape index (κ2) is 9.00. The third-order valence-electron chi connectivity index (χ3n) is 0. The van der Waals surface area contributed by atoms with Gasteiger partial charge >= 0.3 is 35.6 Å². The number of hydrogen-bond acceptors (Lipinski definition) is 3. The van der Waals surface area contributed by atoms with Gasteiger partial charge < -0.3 is 15.3 Å². The number of rotatable bonds is 0. The van der Waals surface area contributed by atoms with Crippen molar-refractivity contribution in [2.24, 2.45) is 0 Å². The van der Waals surface area contributed by atoms with Gasteiger partial charge in [-0.25, -0.2) is 0 Å². The molecule has 0 heterocycles. The van der Waals surface area contributed by atoms with E-state index >= 15 is 0 Å². The summed E-state index contributed by atoms with van der Waals surface area (Å²) in [7, 11) is 0. The van der Waals surface area contributed by atoms with E-state index in [2.05, 4.69) is 0 Å². The van der Waals surface area contributed by atoms with E-state index in [0.29, 0.717) is 0 Å². The second-order valence-electron chi connectivity index (χ2n) is 0.224. The van der Waals surface area contributed by atoms with Crippen LogP contribution in [0.15, 0.2) is 0 Å². The molecule has 31 valence electrons. The number of hydrogen-bond donors (Lipinski definition) is 0. The summed E-state index contributed by atoms with van der Waals surface area (Å²) >= 11 is 0. The van der Waals surface area contributed by atoms with Crippen molar-refractivity contribution in [3.8, 4) is 0 Å². The molecule has 0 bridgehead atoms. The first kappa shape index (κ1) is 16.2. The van der Waals surface area contributed by atoms with E-state index in [1.165, 1.54) is 0 Å². The molecule has 4 nitrogen and oxygen atoms in total. The van der Waals surface area contributed by atoms with Crippen LogP contribution in [0.25, 0.3) is 0 Å². The van der Waals surface area contributed by atoms with Gasteiger partial charge in [-0.15, -0.1) is 0 Å². The van der Waals surface area contributed by atoms with Gasteiger partial charge in [-0.05, 0) is 0 Å². The van der Waals surface area contributed by atoms with E-state index in [4.69, 9.17) is 15.3 Å². The van der Waals surface area contributed by atoms with Gasteiger partial charge in [0.2, 0.25) is 0 Å². The molecule has 0 aromatic heterocycles. The smallest absolute Gasteiger partial charge is 0.356 e. The molecule has 0 aromatic carbocycles. The Kier molecular flexibility index (Phi) is 24.4. The summed E-state index contributed by atoms with van der Waals surface area (Å²) in [5.74, 6) is 0. The van der Waals surface area contributed by atoms with Crippen molar-refractivity contribution in [3.05, 3.63) is 15.3 Å². The van der Waals surface area contributed by atoms with Crippen LogP contribution in [0, 0.1) is 15.3 Å². The zero-order valence-electron chi connectivity index (χ0n) is 3.01. The van der Waals surface area contributed by atoms with Crippen LogP contribution in [0.5, 0.6) is 0 Å². The summed E-state index contributed by atoms with van der Waals surface area (Å²) in [4.78, 5) is 8.25. The third kappa shape index (κ3) is 509. The second-order valence-corrected chi connectivity index (χ2v) is 0.224. The summed E-state index contributed by atoms with van der Waals surface area (Å²) in [5.41, 5.74) is 0. The standard InChI is InChI=1S/Co.Li.NO3/c;;2-1(3)4/q+2;+1;-1. The molecule has 0 saturated heterocycles. The van der Waals surface area contributed by atoms with Crippen molar-refractivity contribution in [2.45, 2.75) is 0 Å². The third-order valence-corrected chi connectivity index (χ3v) is 0. The fraction of sp³-hybridized carbons (Fsp3) is 0. The molecule has 0 amide bonds. The molecular formula is CoLiNO3+2. The van der Waals surface area contributed by atoms with Gasteiger partial charge in [0.05, 0.1) is 5.09 Å². The van der Waals surface area contributed by atoms with Gasteiger partial charge in [0.1, 0.15) is 0 Å². The molecule has 1 radical (unpaired) electrons. The van der Waals surface area contributed by atoms with Crippen LogP contribution >= 0.6 is 0 Å². The zero-order valence-corrected chi connectivity index (χ0v) is 4.05. The SMILES string of the molecule is O=[N+]([O-])[O-].[Co+2].[Li+]. The first-order chi connectivity index (χ1) is 1.73. The van der Waals surface area contributed by atoms with Crippen LogP contribution in [0.3, 0.4) is 0 Å². The Morgan fingerprint density at radius 1 is 1.33 bits per heavy atom. The summed E-state index contributed by atoms with van der Waals surface area (Å²) in [6.07, 6.45) is 0. The predicted octanol–water partition coefficient (Wildman–Crippen LogP) is -3.24. The van der Waals surface area contributed by atoms with Crippen LogP contribution in [-0.2, 0) is 16.8 Å². The quantitative estimate of drug-likeness (QED) is 0.195. The monoisotopic (exact) mass is 128 g/mol. The van der Waals surface area contributed by atoms with Gasteiger partial charge in [0, 0.05) is 0 Å². The summed E-state index contributed by atoms with van der Waals surface area (Å²) in [6.45, 7) is 0. The normalized spacial score (nSPS) is 4.00. The van der Waals surface area contributed by atoms with Crippen LogP contribution < -0.4 is 18.9 Å². The Morgan fingerprint density at radius 3 is 1.33 bits per heavy atom. The van der Waals surface area contributed by atoms with Crippen molar-refractivity contribution < 1.29 is 40.7 Å². The fourth-order valence-electron chi connectivity index (χ4n) is 0. The van der Waals surface area contributed by atoms with Crippen molar-refractivity contribution in [1.29, 1.82) is 0 Å². The van der Waals surface area contributed by atoms with Crippen LogP contribution in [0.1, 0.15) is 0 Å². The van der Waals surface area contributed by atoms with E-state index in [-0.39, 0.29) is 35.6 Å². The van der Waals surface area contributed by atoms with Gasteiger partial charge in [-0.1, -0.05) is 0 Å². The number of nitrogens with zero attached hydrogens (tertiary/aromatic N) is 1. The molecule has 0 atom stereocenters. The molecule has 0 rings (SSSR count). The summed E-state index contributed by atoms with van der Waals surface area (Å²) in [6, 6.07) is 0. The maximum atomic E-state index is 8.25. The van der Waals surface area contributed by atoms with Gasteiger partial charge in [0.15, 0.2) is 0 Å². The Balaban J connectivity index is -0.0000000450. The minimum Gasteiger partial charge on any atom is -0.356 e. The zero-order chi connectivity index (χ0) is 3.58. The molecule has 6 heteroatoms. The molecule has 0 aromatic rings. The van der Waals surface area contributed by atoms with Gasteiger partial charge in [0.25, 0.3) is 0 Å². The molecule has 0 unspecified atom stereocenters. The predicted molar refractivity (Wildman–Crippen MR) is 10.4 cm³/mol. The van der Waals surface area contributed by atoms with E-state index < -0.39 is 5.09 Å². The Morgan fingerprint density at radius 2 is 1.33 bits per heavy atom. The molecule has 0 aliphatic rings. The van der Waals surface area contributed by atoms with Crippen molar-refractivity contribution >= 4 is 0 Å². The van der Waals surface area contributed by atoms with E-state index in [0.717, 1.165) is 0 Å². The molecule has 0 spiro atoms. The van der Waals surface area contributed by atoms with Gasteiger partial charge in [-0.2, -0.15) is 0 Å². The Labute approximate surface area is 56.4 Å². The molecular weight excluding hydrogens is 128 g/mol. The van der Waals surface area contributed by atoms with Crippen molar-refractivity contribution in [2.75, 3.05) is 0 Å². The Hall–Kier alpha value is 0.304. The first-order valence-corrected chi connectivity index (χ1v) is 0.548. The molecule has 0 N–H and O–H groups in total. The fourth-order valence-corrected chi connectivity index (χ4v) is 0. The van der Waals surface area contributed by atoms with E-state index in [9.17, 15) is 0 Å². The molecule has 0 aliphatic carbocycles. The van der Waals surface area contributed by atoms with Crippen LogP contribution in [0.2, 0.25) is 0 Å². The maximum absolute atomic E-state index is 8.25. The topological polar surface area (TPSA) is 66.2 Å². The average Bonchev–Trinajstić information content (AvgIpc) is 0.811. The summed E-state index contributed by atoms with van der Waals surface area (Å²) in [5, 5.41) is 14.8. The van der Waals surface area contributed by atoms with Crippen molar-refractivity contribution in [1.82, 2.24) is 0 Å². The molecule has 6 heavy (non-hydrogen) atoms. The largest absolute Gasteiger partial charge is 2.00 e. The van der Waals surface area contributed by atoms with Crippen LogP contribution in [0.4, 0.5) is 0 Å². The molecule has 0 fully saturated rings. The molecule has 0 saturated carbocycles. The van der Waals surface area contributed by atoms with E-state index in [1.54, 1.807) is 0 Å². The van der Waals surface area contributed by atoms with Gasteiger partial charge in [-0.3, -0.25) is 0 Å². The first-order valence-electron chi connectivity index (χ1n) is 0.548. The summed E-state index contributed by atoms with van der Waals surface area (Å²) < 4.78 is 0. The van der Waals surface area contributed by atoms with Crippen molar-refractivity contribution in [3.63, 3.8) is 0 Å². The average molecular weight is 128 g/mol. The molecule has 0 aliphatic heterocycles.